The van der Waals surface area contributed by atoms with E-state index in [0.717, 1.165) is 9.50 Å². The van der Waals surface area contributed by atoms with Crippen molar-refractivity contribution >= 4 is 39.3 Å². The zero-order valence-corrected chi connectivity index (χ0v) is 14.2. The number of carbonyl (C=O) groups excluding carboxylic acids is 2. The van der Waals surface area contributed by atoms with Gasteiger partial charge in [0.2, 0.25) is 5.91 Å². The van der Waals surface area contributed by atoms with E-state index >= 15 is 0 Å². The summed E-state index contributed by atoms with van der Waals surface area (Å²) in [5, 5.41) is 4.14. The lowest BCUT2D eigenvalue weighted by atomic mass is 10.2. The van der Waals surface area contributed by atoms with Gasteiger partial charge in [0.15, 0.2) is 0 Å². The van der Waals surface area contributed by atoms with Gasteiger partial charge in [-0.1, -0.05) is 0 Å². The van der Waals surface area contributed by atoms with Crippen molar-refractivity contribution < 1.29 is 14.3 Å². The third-order valence-corrected chi connectivity index (χ3v) is 3.15. The molecule has 0 unspecified atom stereocenters. The Morgan fingerprint density at radius 2 is 2.18 bits per heavy atom. The molecule has 1 fully saturated rings. The Balaban J connectivity index is 1.98. The van der Waals surface area contributed by atoms with Crippen molar-refractivity contribution in [1.29, 1.82) is 0 Å². The number of aromatic nitrogens is 1. The maximum absolute atomic E-state index is 11.9. The molecule has 0 aliphatic carbocycles. The number of nitrogens with one attached hydrogen (secondary N) is 1. The van der Waals surface area contributed by atoms with E-state index in [0.29, 0.717) is 11.4 Å². The minimum atomic E-state index is -0.645. The predicted octanol–water partition coefficient (Wildman–Crippen LogP) is 2.78. The fourth-order valence-electron chi connectivity index (χ4n) is 1.74. The number of rotatable bonds is 2. The molecule has 0 saturated carbocycles. The van der Waals surface area contributed by atoms with Crippen LogP contribution >= 0.6 is 15.9 Å². The van der Waals surface area contributed by atoms with E-state index in [1.807, 2.05) is 0 Å². The lowest BCUT2D eigenvalue weighted by Gasteiger charge is -2.22. The molecular formula is C14H17BrN4O3. The zero-order chi connectivity index (χ0) is 16.3. The molecule has 118 valence electrons. The van der Waals surface area contributed by atoms with Crippen molar-refractivity contribution in [2.75, 3.05) is 12.0 Å². The number of ether oxygens (including phenoxy) is 1. The average molecular weight is 369 g/mol. The van der Waals surface area contributed by atoms with Crippen LogP contribution in [0.5, 0.6) is 0 Å². The van der Waals surface area contributed by atoms with Crippen LogP contribution in [0.15, 0.2) is 28.0 Å². The Labute approximate surface area is 136 Å². The molecule has 7 nitrogen and oxygen atoms in total. The molecule has 1 saturated heterocycles. The summed E-state index contributed by atoms with van der Waals surface area (Å²) < 4.78 is 5.91. The molecule has 2 heterocycles. The second-order valence-corrected chi connectivity index (χ2v) is 6.61. The van der Waals surface area contributed by atoms with Crippen molar-refractivity contribution in [3.8, 4) is 0 Å². The molecule has 2 rings (SSSR count). The van der Waals surface area contributed by atoms with E-state index in [1.54, 1.807) is 39.1 Å². The highest BCUT2D eigenvalue weighted by atomic mass is 79.9. The molecule has 1 N–H and O–H groups in total. The quantitative estimate of drug-likeness (QED) is 0.640. The summed E-state index contributed by atoms with van der Waals surface area (Å²) in [4.78, 5) is 28.9. The van der Waals surface area contributed by atoms with Crippen LogP contribution in [0.2, 0.25) is 0 Å². The van der Waals surface area contributed by atoms with Crippen LogP contribution in [0.25, 0.3) is 0 Å². The molecule has 1 aliphatic heterocycles. The van der Waals surface area contributed by atoms with Crippen LogP contribution in [0, 0.1) is 0 Å². The number of hydrogen-bond acceptors (Lipinski definition) is 6. The van der Waals surface area contributed by atoms with Crippen LogP contribution in [-0.4, -0.2) is 39.7 Å². The molecule has 0 aromatic carbocycles. The number of likely N-dealkylation sites (tertiary alicyclic amines) is 1. The highest BCUT2D eigenvalue weighted by Crippen LogP contribution is 2.16. The van der Waals surface area contributed by atoms with E-state index in [2.05, 4.69) is 31.4 Å². The molecule has 0 radical (unpaired) electrons. The first-order chi connectivity index (χ1) is 10.2. The van der Waals surface area contributed by atoms with Gasteiger partial charge in [0.1, 0.15) is 10.2 Å². The van der Waals surface area contributed by atoms with Gasteiger partial charge in [-0.05, 0) is 48.8 Å². The zero-order valence-electron chi connectivity index (χ0n) is 12.6. The smallest absolute Gasteiger partial charge is 0.417 e. The maximum atomic E-state index is 11.9. The van der Waals surface area contributed by atoms with Crippen molar-refractivity contribution in [3.63, 3.8) is 0 Å². The Hall–Kier alpha value is -1.96. The number of amides is 2. The van der Waals surface area contributed by atoms with Gasteiger partial charge in [0, 0.05) is 0 Å². The van der Waals surface area contributed by atoms with E-state index in [-0.39, 0.29) is 18.9 Å². The van der Waals surface area contributed by atoms with Gasteiger partial charge >= 0.3 is 6.09 Å². The minimum absolute atomic E-state index is 0.0935. The Bertz CT molecular complexity index is 608. The highest BCUT2D eigenvalue weighted by molar-refractivity contribution is 9.10. The summed E-state index contributed by atoms with van der Waals surface area (Å²) in [7, 11) is 0. The summed E-state index contributed by atoms with van der Waals surface area (Å²) in [6.45, 7) is 5.39. The average Bonchev–Trinajstić information content (AvgIpc) is 2.77. The first-order valence-electron chi connectivity index (χ1n) is 6.71. The SMILES string of the molecule is CC(C)(C)OC(=O)N1CC(=NNc2ccc(Br)nc2)CC1=O. The number of nitrogens with zero attached hydrogens (tertiary/aromatic N) is 3. The van der Waals surface area contributed by atoms with Crippen LogP contribution in [0.1, 0.15) is 27.2 Å². The van der Waals surface area contributed by atoms with Gasteiger partial charge in [0.25, 0.3) is 0 Å². The van der Waals surface area contributed by atoms with Crippen molar-refractivity contribution in [1.82, 2.24) is 9.88 Å². The molecule has 0 atom stereocenters. The predicted molar refractivity (Wildman–Crippen MR) is 85.6 cm³/mol. The van der Waals surface area contributed by atoms with Crippen LogP contribution in [0.3, 0.4) is 0 Å². The third-order valence-electron chi connectivity index (χ3n) is 2.68. The van der Waals surface area contributed by atoms with Crippen LogP contribution in [0.4, 0.5) is 10.5 Å². The number of carbonyl (C=O) groups is 2. The summed E-state index contributed by atoms with van der Waals surface area (Å²) in [5.74, 6) is -0.316. The molecular weight excluding hydrogens is 352 g/mol. The van der Waals surface area contributed by atoms with Gasteiger partial charge in [-0.3, -0.25) is 10.2 Å². The molecule has 1 aromatic rings. The van der Waals surface area contributed by atoms with E-state index in [1.165, 1.54) is 0 Å². The van der Waals surface area contributed by atoms with Gasteiger partial charge in [-0.15, -0.1) is 0 Å². The number of anilines is 1. The normalized spacial score (nSPS) is 17.0. The minimum Gasteiger partial charge on any atom is -0.443 e. The molecule has 1 aliphatic rings. The molecule has 0 bridgehead atoms. The Kier molecular flexibility index (Phi) is 4.80. The topological polar surface area (TPSA) is 83.9 Å². The standard InChI is InChI=1S/C14H17BrN4O3/c1-14(2,3)22-13(21)19-8-10(6-12(19)20)18-17-9-4-5-11(15)16-7-9/h4-5,7,17H,6,8H2,1-3H3. The number of hydrogen-bond donors (Lipinski definition) is 1. The van der Waals surface area contributed by atoms with Gasteiger partial charge < -0.3 is 4.74 Å². The molecule has 8 heteroatoms. The maximum Gasteiger partial charge on any atom is 0.417 e. The third kappa shape index (κ3) is 4.52. The highest BCUT2D eigenvalue weighted by Gasteiger charge is 2.34. The Morgan fingerprint density at radius 3 is 2.77 bits per heavy atom. The van der Waals surface area contributed by atoms with Gasteiger partial charge in [-0.25, -0.2) is 14.7 Å². The number of imide groups is 1. The lowest BCUT2D eigenvalue weighted by Crippen LogP contribution is -2.37. The van der Waals surface area contributed by atoms with Crippen LogP contribution in [-0.2, 0) is 9.53 Å². The lowest BCUT2D eigenvalue weighted by molar-refractivity contribution is -0.126. The Morgan fingerprint density at radius 1 is 1.45 bits per heavy atom. The number of pyridine rings is 1. The summed E-state index contributed by atoms with van der Waals surface area (Å²) in [5.41, 5.74) is 3.44. The largest absolute Gasteiger partial charge is 0.443 e. The van der Waals surface area contributed by atoms with Crippen molar-refractivity contribution in [2.24, 2.45) is 5.10 Å². The molecule has 22 heavy (non-hydrogen) atoms. The van der Waals surface area contributed by atoms with E-state index in [9.17, 15) is 9.59 Å². The van der Waals surface area contributed by atoms with Gasteiger partial charge in [-0.2, -0.15) is 5.10 Å². The summed E-state index contributed by atoms with van der Waals surface area (Å²) in [6, 6.07) is 3.57. The second kappa shape index (κ2) is 6.43. The number of halogens is 1. The van der Waals surface area contributed by atoms with Crippen LogP contribution < -0.4 is 5.43 Å². The first-order valence-corrected chi connectivity index (χ1v) is 7.50. The molecule has 1 aromatic heterocycles. The fraction of sp³-hybridized carbons (Fsp3) is 0.429. The summed E-state index contributed by atoms with van der Waals surface area (Å²) in [6.07, 6.45) is 1.06. The van der Waals surface area contributed by atoms with E-state index < -0.39 is 11.7 Å². The molecule has 0 spiro atoms. The van der Waals surface area contributed by atoms with E-state index in [4.69, 9.17) is 4.74 Å². The number of hydrazone groups is 1. The monoisotopic (exact) mass is 368 g/mol. The second-order valence-electron chi connectivity index (χ2n) is 5.80. The van der Waals surface area contributed by atoms with Crippen molar-refractivity contribution in [2.45, 2.75) is 32.8 Å². The first kappa shape index (κ1) is 16.4. The van der Waals surface area contributed by atoms with Crippen molar-refractivity contribution in [3.05, 3.63) is 22.9 Å². The molecule has 2 amide bonds. The van der Waals surface area contributed by atoms with Gasteiger partial charge in [0.05, 0.1) is 30.6 Å². The summed E-state index contributed by atoms with van der Waals surface area (Å²) >= 11 is 3.24. The fourth-order valence-corrected chi connectivity index (χ4v) is 1.97.